The van der Waals surface area contributed by atoms with Crippen LogP contribution in [-0.4, -0.2) is 21.9 Å². The van der Waals surface area contributed by atoms with Crippen LogP contribution in [0.25, 0.3) is 0 Å². The van der Waals surface area contributed by atoms with E-state index >= 15 is 0 Å². The summed E-state index contributed by atoms with van der Waals surface area (Å²) in [5.41, 5.74) is 0. The fraction of sp³-hybridized carbons (Fsp3) is 0.333. The summed E-state index contributed by atoms with van der Waals surface area (Å²) in [7, 11) is 0. The second kappa shape index (κ2) is 3.89. The standard InChI is InChI=1S/C9H12O4/c1-2-3-13-6-4-7(10)9(12)8(11)5-6/h4-5,10-12H,2-3H2,1H3. The average molecular weight is 184 g/mol. The molecule has 13 heavy (non-hydrogen) atoms. The Hall–Kier alpha value is -1.58. The molecule has 0 saturated carbocycles. The summed E-state index contributed by atoms with van der Waals surface area (Å²) in [5.74, 6) is -0.948. The molecule has 4 heteroatoms. The molecule has 0 atom stereocenters. The van der Waals surface area contributed by atoms with Crippen molar-refractivity contribution in [2.24, 2.45) is 0 Å². The third-order valence-electron chi connectivity index (χ3n) is 1.52. The monoisotopic (exact) mass is 184 g/mol. The van der Waals surface area contributed by atoms with Crippen LogP contribution in [0.2, 0.25) is 0 Å². The number of hydrogen-bond acceptors (Lipinski definition) is 4. The van der Waals surface area contributed by atoms with E-state index in [0.717, 1.165) is 6.42 Å². The molecule has 0 saturated heterocycles. The normalized spacial score (nSPS) is 9.92. The van der Waals surface area contributed by atoms with E-state index in [4.69, 9.17) is 20.1 Å². The van der Waals surface area contributed by atoms with Crippen LogP contribution in [0, 0.1) is 0 Å². The zero-order valence-corrected chi connectivity index (χ0v) is 7.32. The van der Waals surface area contributed by atoms with Crippen molar-refractivity contribution in [1.29, 1.82) is 0 Å². The highest BCUT2D eigenvalue weighted by Gasteiger charge is 2.08. The number of ether oxygens (including phenoxy) is 1. The van der Waals surface area contributed by atoms with E-state index in [2.05, 4.69) is 0 Å². The van der Waals surface area contributed by atoms with Crippen molar-refractivity contribution >= 4 is 0 Å². The van der Waals surface area contributed by atoms with E-state index in [9.17, 15) is 0 Å². The second-order valence-electron chi connectivity index (χ2n) is 2.66. The van der Waals surface area contributed by atoms with Crippen molar-refractivity contribution in [3.63, 3.8) is 0 Å². The molecule has 1 rings (SSSR count). The van der Waals surface area contributed by atoms with Gasteiger partial charge in [0.05, 0.1) is 6.61 Å². The van der Waals surface area contributed by atoms with Gasteiger partial charge in [0, 0.05) is 12.1 Å². The number of phenolic OH excluding ortho intramolecular Hbond substituents is 3. The first-order valence-corrected chi connectivity index (χ1v) is 4.03. The fourth-order valence-electron chi connectivity index (χ4n) is 0.882. The molecule has 0 fully saturated rings. The van der Waals surface area contributed by atoms with E-state index in [1.54, 1.807) is 0 Å². The van der Waals surface area contributed by atoms with Crippen molar-refractivity contribution in [1.82, 2.24) is 0 Å². The lowest BCUT2D eigenvalue weighted by Gasteiger charge is -2.06. The van der Waals surface area contributed by atoms with Crippen molar-refractivity contribution in [3.05, 3.63) is 12.1 Å². The second-order valence-corrected chi connectivity index (χ2v) is 2.66. The Bertz CT molecular complexity index is 273. The van der Waals surface area contributed by atoms with Gasteiger partial charge in [0.25, 0.3) is 0 Å². The Morgan fingerprint density at radius 1 is 1.15 bits per heavy atom. The van der Waals surface area contributed by atoms with Crippen LogP contribution in [0.5, 0.6) is 23.0 Å². The predicted molar refractivity (Wildman–Crippen MR) is 47.2 cm³/mol. The largest absolute Gasteiger partial charge is 0.504 e. The lowest BCUT2D eigenvalue weighted by molar-refractivity contribution is 0.308. The van der Waals surface area contributed by atoms with Gasteiger partial charge in [0.2, 0.25) is 5.75 Å². The van der Waals surface area contributed by atoms with Crippen LogP contribution >= 0.6 is 0 Å². The molecule has 0 amide bonds. The number of rotatable bonds is 3. The Kier molecular flexibility index (Phi) is 2.84. The molecular formula is C9H12O4. The molecule has 1 aromatic rings. The maximum absolute atomic E-state index is 9.09. The number of aromatic hydroxyl groups is 3. The minimum Gasteiger partial charge on any atom is -0.504 e. The third kappa shape index (κ3) is 2.18. The maximum atomic E-state index is 9.09. The minimum atomic E-state index is -0.524. The molecule has 0 aliphatic carbocycles. The highest BCUT2D eigenvalue weighted by atomic mass is 16.5. The van der Waals surface area contributed by atoms with Crippen LogP contribution in [0.15, 0.2) is 12.1 Å². The Labute approximate surface area is 76.0 Å². The van der Waals surface area contributed by atoms with Crippen LogP contribution < -0.4 is 4.74 Å². The van der Waals surface area contributed by atoms with Gasteiger partial charge < -0.3 is 20.1 Å². The molecule has 0 aliphatic heterocycles. The smallest absolute Gasteiger partial charge is 0.200 e. The van der Waals surface area contributed by atoms with Gasteiger partial charge in [-0.25, -0.2) is 0 Å². The van der Waals surface area contributed by atoms with E-state index < -0.39 is 5.75 Å². The van der Waals surface area contributed by atoms with Crippen molar-refractivity contribution in [3.8, 4) is 23.0 Å². The first kappa shape index (κ1) is 9.51. The summed E-state index contributed by atoms with van der Waals surface area (Å²) in [6.45, 7) is 2.45. The molecule has 0 bridgehead atoms. The Balaban J connectivity index is 2.86. The number of benzene rings is 1. The molecule has 0 heterocycles. The molecule has 3 N–H and O–H groups in total. The molecule has 72 valence electrons. The van der Waals surface area contributed by atoms with Crippen molar-refractivity contribution < 1.29 is 20.1 Å². The van der Waals surface area contributed by atoms with E-state index in [-0.39, 0.29) is 11.5 Å². The molecular weight excluding hydrogens is 172 g/mol. The summed E-state index contributed by atoms with van der Waals surface area (Å²) >= 11 is 0. The van der Waals surface area contributed by atoms with Gasteiger partial charge in [-0.05, 0) is 6.42 Å². The van der Waals surface area contributed by atoms with Crippen LogP contribution in [0.3, 0.4) is 0 Å². The summed E-state index contributed by atoms with van der Waals surface area (Å²) < 4.78 is 5.14. The highest BCUT2D eigenvalue weighted by molar-refractivity contribution is 5.53. The molecule has 0 aromatic heterocycles. The molecule has 1 aromatic carbocycles. The van der Waals surface area contributed by atoms with Crippen LogP contribution in [-0.2, 0) is 0 Å². The topological polar surface area (TPSA) is 69.9 Å². The lowest BCUT2D eigenvalue weighted by atomic mass is 10.3. The zero-order chi connectivity index (χ0) is 9.84. The predicted octanol–water partition coefficient (Wildman–Crippen LogP) is 1.59. The third-order valence-corrected chi connectivity index (χ3v) is 1.52. The van der Waals surface area contributed by atoms with E-state index in [1.165, 1.54) is 12.1 Å². The fourth-order valence-corrected chi connectivity index (χ4v) is 0.882. The van der Waals surface area contributed by atoms with Gasteiger partial charge in [-0.3, -0.25) is 0 Å². The summed E-state index contributed by atoms with van der Waals surface area (Å²) in [4.78, 5) is 0. The highest BCUT2D eigenvalue weighted by Crippen LogP contribution is 2.38. The average Bonchev–Trinajstić information content (AvgIpc) is 2.10. The maximum Gasteiger partial charge on any atom is 0.200 e. The lowest BCUT2D eigenvalue weighted by Crippen LogP contribution is -1.94. The van der Waals surface area contributed by atoms with E-state index in [0.29, 0.717) is 12.4 Å². The summed E-state index contributed by atoms with van der Waals surface area (Å²) in [6.07, 6.45) is 0.836. The minimum absolute atomic E-state index is 0.342. The van der Waals surface area contributed by atoms with Gasteiger partial charge in [0.1, 0.15) is 5.75 Å². The van der Waals surface area contributed by atoms with Crippen molar-refractivity contribution in [2.45, 2.75) is 13.3 Å². The quantitative estimate of drug-likeness (QED) is 0.624. The SMILES string of the molecule is CCCOc1cc(O)c(O)c(O)c1. The number of phenols is 3. The molecule has 4 nitrogen and oxygen atoms in total. The molecule has 0 radical (unpaired) electrons. The zero-order valence-electron chi connectivity index (χ0n) is 7.32. The van der Waals surface area contributed by atoms with Crippen LogP contribution in [0.4, 0.5) is 0 Å². The molecule has 0 aliphatic rings. The first-order valence-electron chi connectivity index (χ1n) is 4.03. The Morgan fingerprint density at radius 3 is 2.15 bits per heavy atom. The molecule has 0 spiro atoms. The van der Waals surface area contributed by atoms with Gasteiger partial charge in [-0.15, -0.1) is 0 Å². The van der Waals surface area contributed by atoms with Gasteiger partial charge in [0.15, 0.2) is 11.5 Å². The van der Waals surface area contributed by atoms with Crippen molar-refractivity contribution in [2.75, 3.05) is 6.61 Å². The van der Waals surface area contributed by atoms with Gasteiger partial charge in [-0.1, -0.05) is 6.92 Å². The summed E-state index contributed by atoms with van der Waals surface area (Å²) in [5, 5.41) is 27.2. The van der Waals surface area contributed by atoms with Gasteiger partial charge >= 0.3 is 0 Å². The molecule has 0 unspecified atom stereocenters. The first-order chi connectivity index (χ1) is 6.15. The van der Waals surface area contributed by atoms with Gasteiger partial charge in [-0.2, -0.15) is 0 Å². The van der Waals surface area contributed by atoms with Crippen LogP contribution in [0.1, 0.15) is 13.3 Å². The number of hydrogen-bond donors (Lipinski definition) is 3. The Morgan fingerprint density at radius 2 is 1.69 bits per heavy atom. The van der Waals surface area contributed by atoms with E-state index in [1.807, 2.05) is 6.92 Å². The summed E-state index contributed by atoms with van der Waals surface area (Å²) in [6, 6.07) is 2.51.